The quantitative estimate of drug-likeness (QED) is 0.470. The van der Waals surface area contributed by atoms with Crippen molar-refractivity contribution in [1.29, 1.82) is 0 Å². The Morgan fingerprint density at radius 3 is 3.00 bits per heavy atom. The van der Waals surface area contributed by atoms with E-state index in [4.69, 9.17) is 0 Å². The fraction of sp³-hybridized carbons (Fsp3) is 0.727. The van der Waals surface area contributed by atoms with Gasteiger partial charge < -0.3 is 0 Å². The number of carbonyl (C=O) groups excluding carboxylic acids is 1. The van der Waals surface area contributed by atoms with E-state index in [0.29, 0.717) is 17.6 Å². The van der Waals surface area contributed by atoms with Gasteiger partial charge in [0.1, 0.15) is 5.78 Å². The van der Waals surface area contributed by atoms with Crippen LogP contribution in [0.2, 0.25) is 0 Å². The largest absolute Gasteiger partial charge is 0.298 e. The Morgan fingerprint density at radius 1 is 1.31 bits per heavy atom. The Bertz CT molecular complexity index is 294. The number of alkyl halides is 1. The predicted octanol–water partition coefficient (Wildman–Crippen LogP) is 2.70. The van der Waals surface area contributed by atoms with Crippen LogP contribution in [0.5, 0.6) is 0 Å². The summed E-state index contributed by atoms with van der Waals surface area (Å²) in [6.45, 7) is 0. The number of hydrogen-bond donors (Lipinski definition) is 0. The molecule has 0 aromatic carbocycles. The second-order valence-electron chi connectivity index (χ2n) is 4.52. The van der Waals surface area contributed by atoms with Crippen LogP contribution in [-0.2, 0) is 4.79 Å². The van der Waals surface area contributed by atoms with Crippen LogP contribution < -0.4 is 0 Å². The average Bonchev–Trinajstić information content (AvgIpc) is 2.38. The summed E-state index contributed by atoms with van der Waals surface area (Å²) in [5, 5.41) is 0. The van der Waals surface area contributed by atoms with Crippen LogP contribution in [-0.4, -0.2) is 10.6 Å². The highest BCUT2D eigenvalue weighted by Crippen LogP contribution is 2.53. The van der Waals surface area contributed by atoms with Gasteiger partial charge in [-0.05, 0) is 37.5 Å². The third-order valence-electron chi connectivity index (χ3n) is 3.92. The maximum Gasteiger partial charge on any atom is 0.150 e. The van der Waals surface area contributed by atoms with Crippen molar-refractivity contribution in [3.63, 3.8) is 0 Å². The summed E-state index contributed by atoms with van der Waals surface area (Å²) in [5.74, 6) is 2.28. The standard InChI is InChI=1S/C11H13BrO/c12-9-4-2-7-5-6-1-3-8(10(6)7)11(9)13/h5-6,8-10H,1-4H2/t6-,8-,9?,10-/m1/s1. The Balaban J connectivity index is 1.97. The minimum Gasteiger partial charge on any atom is -0.298 e. The van der Waals surface area contributed by atoms with Crippen LogP contribution in [0, 0.1) is 17.8 Å². The lowest BCUT2D eigenvalue weighted by atomic mass is 9.72. The fourth-order valence-electron chi connectivity index (χ4n) is 3.25. The number of rotatable bonds is 0. The molecule has 1 unspecified atom stereocenters. The number of allylic oxidation sites excluding steroid dienone is 2. The van der Waals surface area contributed by atoms with Crippen LogP contribution in [0.15, 0.2) is 11.6 Å². The second kappa shape index (κ2) is 2.69. The summed E-state index contributed by atoms with van der Waals surface area (Å²) < 4.78 is 0. The molecule has 2 saturated carbocycles. The summed E-state index contributed by atoms with van der Waals surface area (Å²) in [7, 11) is 0. The van der Waals surface area contributed by atoms with Crippen molar-refractivity contribution >= 4 is 21.7 Å². The van der Waals surface area contributed by atoms with E-state index < -0.39 is 0 Å². The van der Waals surface area contributed by atoms with E-state index >= 15 is 0 Å². The van der Waals surface area contributed by atoms with Crippen molar-refractivity contribution in [1.82, 2.24) is 0 Å². The maximum absolute atomic E-state index is 11.9. The van der Waals surface area contributed by atoms with E-state index in [2.05, 4.69) is 22.0 Å². The molecule has 0 aromatic heterocycles. The molecule has 3 aliphatic carbocycles. The number of ketones is 1. The lowest BCUT2D eigenvalue weighted by molar-refractivity contribution is -0.122. The van der Waals surface area contributed by atoms with E-state index in [1.54, 1.807) is 5.57 Å². The van der Waals surface area contributed by atoms with Crippen molar-refractivity contribution in [2.75, 3.05) is 0 Å². The van der Waals surface area contributed by atoms with Crippen molar-refractivity contribution < 1.29 is 4.79 Å². The van der Waals surface area contributed by atoms with Gasteiger partial charge in [-0.15, -0.1) is 0 Å². The monoisotopic (exact) mass is 240 g/mol. The Labute approximate surface area is 86.7 Å². The Hall–Kier alpha value is -0.110. The van der Waals surface area contributed by atoms with Crippen LogP contribution in [0.1, 0.15) is 25.7 Å². The first-order valence-corrected chi connectivity index (χ1v) is 6.07. The summed E-state index contributed by atoms with van der Waals surface area (Å²) in [6, 6.07) is 0. The molecule has 13 heavy (non-hydrogen) atoms. The minimum atomic E-state index is 0.141. The second-order valence-corrected chi connectivity index (χ2v) is 5.63. The van der Waals surface area contributed by atoms with Crippen LogP contribution >= 0.6 is 15.9 Å². The van der Waals surface area contributed by atoms with E-state index in [9.17, 15) is 4.79 Å². The first-order valence-electron chi connectivity index (χ1n) is 5.16. The van der Waals surface area contributed by atoms with Gasteiger partial charge in [-0.1, -0.05) is 27.6 Å². The molecular formula is C11H13BrO. The van der Waals surface area contributed by atoms with Gasteiger partial charge in [-0.3, -0.25) is 4.79 Å². The molecular weight excluding hydrogens is 228 g/mol. The van der Waals surface area contributed by atoms with Crippen LogP contribution in [0.3, 0.4) is 0 Å². The van der Waals surface area contributed by atoms with Gasteiger partial charge >= 0.3 is 0 Å². The molecule has 0 saturated heterocycles. The van der Waals surface area contributed by atoms with E-state index in [-0.39, 0.29) is 4.83 Å². The summed E-state index contributed by atoms with van der Waals surface area (Å²) in [6.07, 6.45) is 6.98. The van der Waals surface area contributed by atoms with Crippen LogP contribution in [0.4, 0.5) is 0 Å². The molecule has 3 aliphatic rings. The smallest absolute Gasteiger partial charge is 0.150 e. The molecule has 0 bridgehead atoms. The predicted molar refractivity (Wildman–Crippen MR) is 54.7 cm³/mol. The van der Waals surface area contributed by atoms with Crippen molar-refractivity contribution in [2.45, 2.75) is 30.5 Å². The molecule has 0 N–H and O–H groups in total. The van der Waals surface area contributed by atoms with E-state index in [1.807, 2.05) is 0 Å². The highest BCUT2D eigenvalue weighted by atomic mass is 79.9. The van der Waals surface area contributed by atoms with Crippen LogP contribution in [0.25, 0.3) is 0 Å². The lowest BCUT2D eigenvalue weighted by Gasteiger charge is -2.32. The molecule has 0 radical (unpaired) electrons. The molecule has 4 atom stereocenters. The van der Waals surface area contributed by atoms with Gasteiger partial charge in [0.25, 0.3) is 0 Å². The number of halogens is 1. The van der Waals surface area contributed by atoms with E-state index in [1.165, 1.54) is 6.42 Å². The Morgan fingerprint density at radius 2 is 2.15 bits per heavy atom. The van der Waals surface area contributed by atoms with Gasteiger partial charge in [-0.25, -0.2) is 0 Å². The highest BCUT2D eigenvalue weighted by molar-refractivity contribution is 9.10. The SMILES string of the molecule is O=C1C(Br)CCC2=C[C@H]3CC[C@@H]1[C@@H]23. The highest BCUT2D eigenvalue weighted by Gasteiger charge is 2.48. The lowest BCUT2D eigenvalue weighted by Crippen LogP contribution is -2.29. The third-order valence-corrected chi connectivity index (χ3v) is 4.83. The van der Waals surface area contributed by atoms with Crippen molar-refractivity contribution in [3.05, 3.63) is 11.6 Å². The zero-order valence-corrected chi connectivity index (χ0v) is 9.09. The van der Waals surface area contributed by atoms with Gasteiger partial charge in [0, 0.05) is 5.92 Å². The molecule has 2 heteroatoms. The molecule has 0 amide bonds. The van der Waals surface area contributed by atoms with Gasteiger partial charge in [0.05, 0.1) is 4.83 Å². The molecule has 0 aromatic rings. The fourth-order valence-corrected chi connectivity index (χ4v) is 3.82. The normalized spacial score (nSPS) is 47.8. The molecule has 1 nitrogen and oxygen atoms in total. The van der Waals surface area contributed by atoms with Crippen molar-refractivity contribution in [3.8, 4) is 0 Å². The topological polar surface area (TPSA) is 17.1 Å². The minimum absolute atomic E-state index is 0.141. The van der Waals surface area contributed by atoms with Gasteiger partial charge in [0.15, 0.2) is 0 Å². The van der Waals surface area contributed by atoms with Crippen molar-refractivity contribution in [2.24, 2.45) is 17.8 Å². The summed E-state index contributed by atoms with van der Waals surface area (Å²) in [4.78, 5) is 12.1. The first kappa shape index (κ1) is 8.22. The molecule has 70 valence electrons. The average molecular weight is 241 g/mol. The molecule has 3 rings (SSSR count). The Kier molecular flexibility index (Phi) is 1.70. The zero-order valence-electron chi connectivity index (χ0n) is 7.50. The van der Waals surface area contributed by atoms with Gasteiger partial charge in [0.2, 0.25) is 0 Å². The zero-order chi connectivity index (χ0) is 9.00. The molecule has 0 spiro atoms. The maximum atomic E-state index is 11.9. The third kappa shape index (κ3) is 1.01. The molecule has 2 fully saturated rings. The number of carbonyl (C=O) groups is 1. The summed E-state index contributed by atoms with van der Waals surface area (Å²) in [5.41, 5.74) is 1.59. The number of hydrogen-bond acceptors (Lipinski definition) is 1. The molecule has 0 heterocycles. The summed E-state index contributed by atoms with van der Waals surface area (Å²) >= 11 is 3.51. The first-order chi connectivity index (χ1) is 6.27. The van der Waals surface area contributed by atoms with Gasteiger partial charge in [-0.2, -0.15) is 0 Å². The number of Topliss-reactive ketones (excluding diaryl/α,β-unsaturated/α-hetero) is 1. The van der Waals surface area contributed by atoms with E-state index in [0.717, 1.165) is 25.2 Å². The molecule has 0 aliphatic heterocycles.